The summed E-state index contributed by atoms with van der Waals surface area (Å²) in [7, 11) is 3.18. The van der Waals surface area contributed by atoms with Gasteiger partial charge in [0.1, 0.15) is 16.0 Å². The highest BCUT2D eigenvalue weighted by Gasteiger charge is 2.19. The summed E-state index contributed by atoms with van der Waals surface area (Å²) >= 11 is 5.06. The average Bonchev–Trinajstić information content (AvgIpc) is 2.91. The Morgan fingerprint density at radius 1 is 1.26 bits per heavy atom. The fourth-order valence-corrected chi connectivity index (χ4v) is 3.29. The predicted octanol–water partition coefficient (Wildman–Crippen LogP) is 3.80. The zero-order valence-electron chi connectivity index (χ0n) is 10.7. The lowest BCUT2D eigenvalue weighted by Gasteiger charge is -2.17. The van der Waals surface area contributed by atoms with Crippen LogP contribution < -0.4 is 9.47 Å². The lowest BCUT2D eigenvalue weighted by molar-refractivity contribution is 0.174. The Morgan fingerprint density at radius 2 is 2.05 bits per heavy atom. The predicted molar refractivity (Wildman–Crippen MR) is 80.2 cm³/mol. The summed E-state index contributed by atoms with van der Waals surface area (Å²) in [4.78, 5) is 0. The molecule has 0 spiro atoms. The average molecular weight is 343 g/mol. The summed E-state index contributed by atoms with van der Waals surface area (Å²) in [5.41, 5.74) is 1.87. The Hall–Kier alpha value is -1.04. The van der Waals surface area contributed by atoms with Crippen molar-refractivity contribution in [3.63, 3.8) is 0 Å². The molecule has 0 saturated heterocycles. The molecule has 1 aromatic heterocycles. The maximum absolute atomic E-state index is 10.4. The van der Waals surface area contributed by atoms with Crippen LogP contribution in [0.5, 0.6) is 11.5 Å². The molecule has 5 heteroatoms. The number of thiophene rings is 1. The molecule has 0 saturated carbocycles. The molecule has 1 aromatic carbocycles. The maximum atomic E-state index is 10.4. The third kappa shape index (κ3) is 3.11. The van der Waals surface area contributed by atoms with Gasteiger partial charge in [-0.1, -0.05) is 0 Å². The highest BCUT2D eigenvalue weighted by atomic mass is 79.9. The SMILES string of the molecule is COc1ccc(C(O)Cc2ccsc2)c(OC)c1Br. The van der Waals surface area contributed by atoms with Crippen LogP contribution in [0.3, 0.4) is 0 Å². The number of hydrogen-bond donors (Lipinski definition) is 1. The van der Waals surface area contributed by atoms with Crippen LogP contribution in [0.2, 0.25) is 0 Å². The van der Waals surface area contributed by atoms with E-state index in [-0.39, 0.29) is 0 Å². The van der Waals surface area contributed by atoms with Gasteiger partial charge in [-0.25, -0.2) is 0 Å². The largest absolute Gasteiger partial charge is 0.495 e. The molecule has 102 valence electrons. The molecule has 0 amide bonds. The Kier molecular flexibility index (Phi) is 4.85. The Labute approximate surface area is 124 Å². The summed E-state index contributed by atoms with van der Waals surface area (Å²) in [5, 5.41) is 14.4. The normalized spacial score (nSPS) is 12.2. The van der Waals surface area contributed by atoms with Crippen LogP contribution in [0.4, 0.5) is 0 Å². The van der Waals surface area contributed by atoms with Crippen LogP contribution in [-0.4, -0.2) is 19.3 Å². The van der Waals surface area contributed by atoms with Crippen LogP contribution in [-0.2, 0) is 6.42 Å². The highest BCUT2D eigenvalue weighted by molar-refractivity contribution is 9.10. The second-order valence-electron chi connectivity index (χ2n) is 4.06. The molecule has 3 nitrogen and oxygen atoms in total. The van der Waals surface area contributed by atoms with Crippen molar-refractivity contribution in [2.45, 2.75) is 12.5 Å². The van der Waals surface area contributed by atoms with Crippen molar-refractivity contribution in [3.05, 3.63) is 44.6 Å². The van der Waals surface area contributed by atoms with Gasteiger partial charge in [-0.3, -0.25) is 0 Å². The van der Waals surface area contributed by atoms with Crippen LogP contribution in [0, 0.1) is 0 Å². The van der Waals surface area contributed by atoms with Crippen LogP contribution in [0.1, 0.15) is 17.2 Å². The first kappa shape index (κ1) is 14.4. The quantitative estimate of drug-likeness (QED) is 0.897. The zero-order valence-corrected chi connectivity index (χ0v) is 13.1. The van der Waals surface area contributed by atoms with Gasteiger partial charge in [0.2, 0.25) is 0 Å². The van der Waals surface area contributed by atoms with Gasteiger partial charge in [0.25, 0.3) is 0 Å². The Balaban J connectivity index is 2.31. The Morgan fingerprint density at radius 3 is 2.63 bits per heavy atom. The molecule has 1 atom stereocenters. The second kappa shape index (κ2) is 6.41. The van der Waals surface area contributed by atoms with Gasteiger partial charge in [-0.15, -0.1) is 0 Å². The molecule has 0 aliphatic carbocycles. The van der Waals surface area contributed by atoms with Gasteiger partial charge in [0, 0.05) is 12.0 Å². The third-order valence-electron chi connectivity index (χ3n) is 2.88. The van der Waals surface area contributed by atoms with E-state index < -0.39 is 6.10 Å². The monoisotopic (exact) mass is 342 g/mol. The van der Waals surface area contributed by atoms with E-state index in [9.17, 15) is 5.11 Å². The molecule has 1 heterocycles. The molecule has 0 fully saturated rings. The summed E-state index contributed by atoms with van der Waals surface area (Å²) in [6, 6.07) is 5.66. The summed E-state index contributed by atoms with van der Waals surface area (Å²) in [6.45, 7) is 0. The number of halogens is 1. The van der Waals surface area contributed by atoms with Gasteiger partial charge in [0.15, 0.2) is 0 Å². The van der Waals surface area contributed by atoms with Gasteiger partial charge >= 0.3 is 0 Å². The van der Waals surface area contributed by atoms with Crippen molar-refractivity contribution in [2.24, 2.45) is 0 Å². The van der Waals surface area contributed by atoms with E-state index in [1.807, 2.05) is 29.0 Å². The van der Waals surface area contributed by atoms with Crippen molar-refractivity contribution in [3.8, 4) is 11.5 Å². The van der Waals surface area contributed by atoms with E-state index in [0.717, 1.165) is 15.6 Å². The number of benzene rings is 1. The molecule has 1 N–H and O–H groups in total. The molecular formula is C14H15BrO3S. The second-order valence-corrected chi connectivity index (χ2v) is 5.63. The lowest BCUT2D eigenvalue weighted by Crippen LogP contribution is -2.04. The van der Waals surface area contributed by atoms with E-state index in [2.05, 4.69) is 15.9 Å². The lowest BCUT2D eigenvalue weighted by atomic mass is 10.0. The molecule has 2 aromatic rings. The fraction of sp³-hybridized carbons (Fsp3) is 0.286. The van der Waals surface area contributed by atoms with Gasteiger partial charge in [-0.2, -0.15) is 11.3 Å². The first-order chi connectivity index (χ1) is 9.17. The minimum Gasteiger partial charge on any atom is -0.495 e. The number of hydrogen-bond acceptors (Lipinski definition) is 4. The first-order valence-electron chi connectivity index (χ1n) is 5.77. The van der Waals surface area contributed by atoms with E-state index in [4.69, 9.17) is 9.47 Å². The van der Waals surface area contributed by atoms with Crippen molar-refractivity contribution in [2.75, 3.05) is 14.2 Å². The molecule has 19 heavy (non-hydrogen) atoms. The van der Waals surface area contributed by atoms with E-state index in [1.165, 1.54) is 0 Å². The van der Waals surface area contributed by atoms with Crippen LogP contribution >= 0.6 is 27.3 Å². The fourth-order valence-electron chi connectivity index (χ4n) is 1.92. The molecule has 0 aliphatic rings. The minimum absolute atomic E-state index is 0.568. The van der Waals surface area contributed by atoms with Crippen molar-refractivity contribution >= 4 is 27.3 Å². The van der Waals surface area contributed by atoms with E-state index >= 15 is 0 Å². The Bertz CT molecular complexity index is 540. The van der Waals surface area contributed by atoms with Crippen LogP contribution in [0.15, 0.2) is 33.4 Å². The highest BCUT2D eigenvalue weighted by Crippen LogP contribution is 2.40. The van der Waals surface area contributed by atoms with Crippen LogP contribution in [0.25, 0.3) is 0 Å². The standard InChI is InChI=1S/C14H15BrO3S/c1-17-12-4-3-10(14(18-2)13(12)15)11(16)7-9-5-6-19-8-9/h3-6,8,11,16H,7H2,1-2H3. The molecule has 1 unspecified atom stereocenters. The molecular weight excluding hydrogens is 328 g/mol. The number of rotatable bonds is 5. The molecule has 0 aliphatic heterocycles. The number of methoxy groups -OCH3 is 2. The van der Waals surface area contributed by atoms with E-state index in [1.54, 1.807) is 25.6 Å². The van der Waals surface area contributed by atoms with E-state index in [0.29, 0.717) is 17.9 Å². The molecule has 0 radical (unpaired) electrons. The smallest absolute Gasteiger partial charge is 0.142 e. The molecule has 2 rings (SSSR count). The summed E-state index contributed by atoms with van der Waals surface area (Å²) in [6.07, 6.45) is -0.0368. The topological polar surface area (TPSA) is 38.7 Å². The van der Waals surface area contributed by atoms with Crippen molar-refractivity contribution in [1.29, 1.82) is 0 Å². The van der Waals surface area contributed by atoms with Gasteiger partial charge < -0.3 is 14.6 Å². The summed E-state index contributed by atoms with van der Waals surface area (Å²) < 4.78 is 11.3. The van der Waals surface area contributed by atoms with Crippen molar-refractivity contribution in [1.82, 2.24) is 0 Å². The maximum Gasteiger partial charge on any atom is 0.142 e. The summed E-state index contributed by atoms with van der Waals surface area (Å²) in [5.74, 6) is 1.30. The third-order valence-corrected chi connectivity index (χ3v) is 4.37. The number of aliphatic hydroxyl groups is 1. The first-order valence-corrected chi connectivity index (χ1v) is 7.50. The zero-order chi connectivity index (χ0) is 13.8. The number of aliphatic hydroxyl groups excluding tert-OH is 1. The number of ether oxygens (including phenoxy) is 2. The van der Waals surface area contributed by atoms with Gasteiger partial charge in [0.05, 0.1) is 20.3 Å². The van der Waals surface area contributed by atoms with Gasteiger partial charge in [-0.05, 0) is 50.5 Å². The molecule has 0 bridgehead atoms. The minimum atomic E-state index is -0.605. The van der Waals surface area contributed by atoms with Crippen molar-refractivity contribution < 1.29 is 14.6 Å².